The molecule has 1 rings (SSSR count). The minimum absolute atomic E-state index is 0.115. The fourth-order valence-electron chi connectivity index (χ4n) is 0.894. The molecule has 3 nitrogen and oxygen atoms in total. The first-order chi connectivity index (χ1) is 6.49. The van der Waals surface area contributed by atoms with Crippen molar-refractivity contribution in [3.8, 4) is 6.07 Å². The first-order valence-electron chi connectivity index (χ1n) is 3.57. The van der Waals surface area contributed by atoms with Crippen LogP contribution in [0.15, 0.2) is 12.1 Å². The molecule has 1 N–H and O–H groups in total. The van der Waals surface area contributed by atoms with E-state index >= 15 is 0 Å². The van der Waals surface area contributed by atoms with E-state index in [2.05, 4.69) is 4.98 Å². The topological polar surface area (TPSA) is 56.9 Å². The van der Waals surface area contributed by atoms with E-state index in [0.717, 1.165) is 6.07 Å². The number of rotatable bonds is 1. The molecule has 0 saturated heterocycles. The van der Waals surface area contributed by atoms with Crippen LogP contribution in [0.4, 0.5) is 13.2 Å². The fourth-order valence-corrected chi connectivity index (χ4v) is 0.894. The van der Waals surface area contributed by atoms with Crippen LogP contribution in [0.1, 0.15) is 17.0 Å². The summed E-state index contributed by atoms with van der Waals surface area (Å²) >= 11 is 0. The van der Waals surface area contributed by atoms with E-state index in [-0.39, 0.29) is 5.69 Å². The average Bonchev–Trinajstić information content (AvgIpc) is 2.15. The molecule has 0 aliphatic rings. The quantitative estimate of drug-likeness (QED) is 0.750. The van der Waals surface area contributed by atoms with Crippen molar-refractivity contribution in [2.75, 3.05) is 0 Å². The maximum absolute atomic E-state index is 12.3. The molecule has 0 unspecified atom stereocenters. The van der Waals surface area contributed by atoms with Crippen LogP contribution in [0.5, 0.6) is 0 Å². The monoisotopic (exact) mass is 202 g/mol. The summed E-state index contributed by atoms with van der Waals surface area (Å²) in [6.45, 7) is -0.589. The average molecular weight is 202 g/mol. The maximum Gasteiger partial charge on any atom is 0.434 e. The zero-order valence-electron chi connectivity index (χ0n) is 6.84. The SMILES string of the molecule is N#Cc1ccc(CO)nc1C(F)(F)F. The van der Waals surface area contributed by atoms with Crippen molar-refractivity contribution in [1.29, 1.82) is 5.26 Å². The van der Waals surface area contributed by atoms with Gasteiger partial charge in [-0.3, -0.25) is 0 Å². The summed E-state index contributed by atoms with van der Waals surface area (Å²) in [5.74, 6) is 0. The highest BCUT2D eigenvalue weighted by Gasteiger charge is 2.35. The lowest BCUT2D eigenvalue weighted by molar-refractivity contribution is -0.141. The second kappa shape index (κ2) is 3.64. The number of alkyl halides is 3. The molecule has 0 atom stereocenters. The summed E-state index contributed by atoms with van der Waals surface area (Å²) in [6, 6.07) is 3.55. The molecule has 6 heteroatoms. The molecule has 14 heavy (non-hydrogen) atoms. The zero-order valence-corrected chi connectivity index (χ0v) is 6.84. The Balaban J connectivity index is 3.31. The lowest BCUT2D eigenvalue weighted by Crippen LogP contribution is -2.12. The molecule has 0 aromatic carbocycles. The lowest BCUT2D eigenvalue weighted by Gasteiger charge is -2.08. The number of hydrogen-bond donors (Lipinski definition) is 1. The standard InChI is InChI=1S/C8H5F3N2O/c9-8(10,11)7-5(3-12)1-2-6(4-14)13-7/h1-2,14H,4H2. The Hall–Kier alpha value is -1.61. The van der Waals surface area contributed by atoms with Gasteiger partial charge in [-0.05, 0) is 12.1 Å². The fraction of sp³-hybridized carbons (Fsp3) is 0.250. The molecule has 0 bridgehead atoms. The van der Waals surface area contributed by atoms with Gasteiger partial charge < -0.3 is 5.11 Å². The van der Waals surface area contributed by atoms with E-state index in [1.54, 1.807) is 0 Å². The van der Waals surface area contributed by atoms with Crippen LogP contribution < -0.4 is 0 Å². The molecule has 0 saturated carbocycles. The van der Waals surface area contributed by atoms with Gasteiger partial charge in [-0.25, -0.2) is 4.98 Å². The molecular formula is C8H5F3N2O. The van der Waals surface area contributed by atoms with Crippen molar-refractivity contribution in [3.05, 3.63) is 29.1 Å². The van der Waals surface area contributed by atoms with Gasteiger partial charge in [-0.2, -0.15) is 18.4 Å². The molecule has 0 spiro atoms. The normalized spacial score (nSPS) is 11.1. The Morgan fingerprint density at radius 3 is 2.50 bits per heavy atom. The summed E-state index contributed by atoms with van der Waals surface area (Å²) < 4.78 is 36.8. The van der Waals surface area contributed by atoms with E-state index in [1.165, 1.54) is 12.1 Å². The van der Waals surface area contributed by atoms with Crippen molar-refractivity contribution in [3.63, 3.8) is 0 Å². The van der Waals surface area contributed by atoms with Gasteiger partial charge in [-0.15, -0.1) is 0 Å². The van der Waals surface area contributed by atoms with E-state index in [4.69, 9.17) is 10.4 Å². The predicted molar refractivity (Wildman–Crippen MR) is 39.9 cm³/mol. The minimum atomic E-state index is -4.67. The number of hydrogen-bond acceptors (Lipinski definition) is 3. The van der Waals surface area contributed by atoms with Crippen LogP contribution in [0, 0.1) is 11.3 Å². The smallest absolute Gasteiger partial charge is 0.390 e. The lowest BCUT2D eigenvalue weighted by atomic mass is 10.2. The largest absolute Gasteiger partial charge is 0.434 e. The molecule has 74 valence electrons. The summed E-state index contributed by atoms with van der Waals surface area (Å²) in [4.78, 5) is 3.14. The number of pyridine rings is 1. The summed E-state index contributed by atoms with van der Waals surface area (Å²) in [5.41, 5.74) is -1.92. The van der Waals surface area contributed by atoms with Crippen LogP contribution in [0.3, 0.4) is 0 Å². The van der Waals surface area contributed by atoms with Crippen LogP contribution >= 0.6 is 0 Å². The Labute approximate surface area is 77.4 Å². The molecule has 0 radical (unpaired) electrons. The van der Waals surface area contributed by atoms with Gasteiger partial charge in [0.1, 0.15) is 6.07 Å². The highest BCUT2D eigenvalue weighted by molar-refractivity contribution is 5.35. The molecule has 0 aliphatic carbocycles. The molecule has 1 aromatic heterocycles. The Morgan fingerprint density at radius 2 is 2.07 bits per heavy atom. The van der Waals surface area contributed by atoms with E-state index in [1.807, 2.05) is 0 Å². The summed E-state index contributed by atoms with van der Waals surface area (Å²) in [6.07, 6.45) is -4.67. The van der Waals surface area contributed by atoms with Crippen LogP contribution in [-0.2, 0) is 12.8 Å². The highest BCUT2D eigenvalue weighted by atomic mass is 19.4. The first kappa shape index (κ1) is 10.5. The number of nitriles is 1. The molecule has 0 fully saturated rings. The number of aliphatic hydroxyl groups excluding tert-OH is 1. The molecule has 1 heterocycles. The van der Waals surface area contributed by atoms with Gasteiger partial charge in [0.05, 0.1) is 17.9 Å². The number of aliphatic hydroxyl groups is 1. The zero-order chi connectivity index (χ0) is 10.8. The van der Waals surface area contributed by atoms with Gasteiger partial charge in [0.15, 0.2) is 5.69 Å². The van der Waals surface area contributed by atoms with Crippen molar-refractivity contribution in [1.82, 2.24) is 4.98 Å². The molecule has 0 aliphatic heterocycles. The number of aromatic nitrogens is 1. The Morgan fingerprint density at radius 1 is 1.43 bits per heavy atom. The van der Waals surface area contributed by atoms with Crippen LogP contribution in [0.25, 0.3) is 0 Å². The number of halogens is 3. The van der Waals surface area contributed by atoms with Gasteiger partial charge in [0.25, 0.3) is 0 Å². The Bertz CT molecular complexity index is 381. The van der Waals surface area contributed by atoms with Gasteiger partial charge in [0, 0.05) is 0 Å². The van der Waals surface area contributed by atoms with Gasteiger partial charge in [0.2, 0.25) is 0 Å². The van der Waals surface area contributed by atoms with Crippen molar-refractivity contribution in [2.45, 2.75) is 12.8 Å². The van der Waals surface area contributed by atoms with E-state index in [9.17, 15) is 13.2 Å². The molecule has 0 amide bonds. The third-order valence-electron chi connectivity index (χ3n) is 1.50. The van der Waals surface area contributed by atoms with Crippen molar-refractivity contribution < 1.29 is 18.3 Å². The number of nitrogens with zero attached hydrogens (tertiary/aromatic N) is 2. The van der Waals surface area contributed by atoms with Crippen LogP contribution in [0.2, 0.25) is 0 Å². The highest BCUT2D eigenvalue weighted by Crippen LogP contribution is 2.30. The Kier molecular flexibility index (Phi) is 2.72. The summed E-state index contributed by atoms with van der Waals surface area (Å²) in [7, 11) is 0. The molecule has 1 aromatic rings. The second-order valence-corrected chi connectivity index (χ2v) is 2.47. The maximum atomic E-state index is 12.3. The van der Waals surface area contributed by atoms with E-state index in [0.29, 0.717) is 0 Å². The van der Waals surface area contributed by atoms with E-state index < -0.39 is 24.0 Å². The summed E-state index contributed by atoms with van der Waals surface area (Å²) in [5, 5.41) is 17.0. The third kappa shape index (κ3) is 2.00. The second-order valence-electron chi connectivity index (χ2n) is 2.47. The predicted octanol–water partition coefficient (Wildman–Crippen LogP) is 1.46. The van der Waals surface area contributed by atoms with Gasteiger partial charge >= 0.3 is 6.18 Å². The molecular weight excluding hydrogens is 197 g/mol. The first-order valence-corrected chi connectivity index (χ1v) is 3.57. The van der Waals surface area contributed by atoms with Crippen molar-refractivity contribution in [2.24, 2.45) is 0 Å². The third-order valence-corrected chi connectivity index (χ3v) is 1.50. The van der Waals surface area contributed by atoms with Crippen LogP contribution in [-0.4, -0.2) is 10.1 Å². The van der Waals surface area contributed by atoms with Gasteiger partial charge in [-0.1, -0.05) is 0 Å². The minimum Gasteiger partial charge on any atom is -0.390 e. The van der Waals surface area contributed by atoms with Crippen molar-refractivity contribution >= 4 is 0 Å².